The van der Waals surface area contributed by atoms with E-state index < -0.39 is 31.6 Å². The van der Waals surface area contributed by atoms with Crippen molar-refractivity contribution in [2.75, 3.05) is 36.0 Å². The van der Waals surface area contributed by atoms with E-state index in [2.05, 4.69) is 31.6 Å². The largest absolute Gasteiger partial charge is 0.395 e. The number of aliphatic hydroxyl groups is 1. The molecule has 0 aliphatic carbocycles. The lowest BCUT2D eigenvalue weighted by atomic mass is 9.82. The van der Waals surface area contributed by atoms with Crippen LogP contribution >= 0.6 is 15.9 Å². The summed E-state index contributed by atoms with van der Waals surface area (Å²) in [6.45, 7) is 7.52. The summed E-state index contributed by atoms with van der Waals surface area (Å²) in [5.74, 6) is -0.938. The van der Waals surface area contributed by atoms with E-state index in [1.54, 1.807) is 27.6 Å². The monoisotopic (exact) mass is 760 g/mol. The standard InChI is InChI=1S/C37H42BrFN6O4Si/c1-24-35(50(2,3)39)33(14-16-43-22-31(41-42-43)29(23-46)26-9-5-4-6-10-26)49-37(24)30-19-27(38)12-13-32(30)45(36(37)48)21-25-8-7-11-28(18-25)44-17-15-40-20-34(44)47/h4-13,18-19,22,24,29,33,35,40,46H,14-17,20-21,23H2,1-3H3/t24-,29?,33+,35-,37+/m1/s1. The molecule has 1 aromatic heterocycles. The number of carbonyl (C=O) groups excluding carboxylic acids is 2. The van der Waals surface area contributed by atoms with Gasteiger partial charge in [0.1, 0.15) is 0 Å². The number of aryl methyl sites for hydroxylation is 1. The lowest BCUT2D eigenvalue weighted by Gasteiger charge is -2.31. The highest BCUT2D eigenvalue weighted by atomic mass is 79.9. The van der Waals surface area contributed by atoms with Crippen molar-refractivity contribution in [3.8, 4) is 0 Å². The Morgan fingerprint density at radius 2 is 1.92 bits per heavy atom. The van der Waals surface area contributed by atoms with Crippen LogP contribution in [0.1, 0.15) is 41.6 Å². The number of hydrogen-bond donors (Lipinski definition) is 2. The number of nitrogens with one attached hydrogen (secondary N) is 1. The summed E-state index contributed by atoms with van der Waals surface area (Å²) < 4.78 is 25.9. The molecule has 1 unspecified atom stereocenters. The molecule has 3 aliphatic heterocycles. The number of aliphatic hydroxyl groups excluding tert-OH is 1. The molecule has 2 N–H and O–H groups in total. The number of nitrogens with zero attached hydrogens (tertiary/aromatic N) is 5. The molecule has 5 atom stereocenters. The fourth-order valence-electron chi connectivity index (χ4n) is 8.23. The van der Waals surface area contributed by atoms with Crippen molar-refractivity contribution in [1.29, 1.82) is 0 Å². The smallest absolute Gasteiger partial charge is 0.264 e. The molecular weight excluding hydrogens is 719 g/mol. The van der Waals surface area contributed by atoms with E-state index >= 15 is 4.11 Å². The van der Waals surface area contributed by atoms with Crippen LogP contribution in [0.15, 0.2) is 83.5 Å². The summed E-state index contributed by atoms with van der Waals surface area (Å²) in [4.78, 5) is 31.0. The zero-order valence-electron chi connectivity index (χ0n) is 28.4. The zero-order chi connectivity index (χ0) is 35.2. The second kappa shape index (κ2) is 13.8. The minimum absolute atomic E-state index is 0.00888. The Balaban J connectivity index is 1.17. The maximum atomic E-state index is 16.4. The number of aromatic nitrogens is 3. The van der Waals surface area contributed by atoms with Crippen molar-refractivity contribution < 1.29 is 23.5 Å². The van der Waals surface area contributed by atoms with Crippen LogP contribution in [-0.4, -0.2) is 72.7 Å². The number of halogens is 2. The molecule has 0 bridgehead atoms. The minimum Gasteiger partial charge on any atom is -0.395 e. The SMILES string of the molecule is C[C@@H]1[C@@H]([Si](C)(C)F)[C@H](CCn2cc(C(CO)c3ccccc3)nn2)O[C@@]12C(=O)N(Cc1cccc(N3CCNCC3=O)c1)c1ccc(Br)cc12. The second-order valence-corrected chi connectivity index (χ2v) is 18.8. The van der Waals surface area contributed by atoms with Crippen molar-refractivity contribution in [2.24, 2.45) is 5.92 Å². The van der Waals surface area contributed by atoms with Crippen molar-refractivity contribution >= 4 is 47.5 Å². The molecule has 4 heterocycles. The summed E-state index contributed by atoms with van der Waals surface area (Å²) in [6, 6.07) is 23.2. The fraction of sp³-hybridized carbons (Fsp3) is 0.405. The lowest BCUT2D eigenvalue weighted by molar-refractivity contribution is -0.146. The predicted molar refractivity (Wildman–Crippen MR) is 195 cm³/mol. The Morgan fingerprint density at radius 3 is 2.66 bits per heavy atom. The van der Waals surface area contributed by atoms with Crippen LogP contribution in [0.3, 0.4) is 0 Å². The first-order valence-corrected chi connectivity index (χ1v) is 20.9. The number of amides is 2. The van der Waals surface area contributed by atoms with Crippen molar-refractivity contribution in [3.05, 3.63) is 106 Å². The molecule has 10 nitrogen and oxygen atoms in total. The fourth-order valence-corrected chi connectivity index (χ4v) is 11.1. The molecule has 13 heteroatoms. The predicted octanol–water partition coefficient (Wildman–Crippen LogP) is 5.51. The molecule has 262 valence electrons. The molecule has 3 aliphatic rings. The topological polar surface area (TPSA) is 113 Å². The first-order chi connectivity index (χ1) is 24.0. The van der Waals surface area contributed by atoms with Crippen LogP contribution in [0.5, 0.6) is 0 Å². The molecule has 0 radical (unpaired) electrons. The highest BCUT2D eigenvalue weighted by Gasteiger charge is 2.66. The Hall–Kier alpha value is -3.75. The Bertz CT molecular complexity index is 1890. The Labute approximate surface area is 300 Å². The van der Waals surface area contributed by atoms with Gasteiger partial charge in [-0.1, -0.05) is 70.5 Å². The number of benzene rings is 3. The molecule has 0 saturated carbocycles. The van der Waals surface area contributed by atoms with Crippen LogP contribution in [0.25, 0.3) is 0 Å². The van der Waals surface area contributed by atoms with E-state index in [1.165, 1.54) is 0 Å². The van der Waals surface area contributed by atoms with E-state index in [0.29, 0.717) is 38.3 Å². The van der Waals surface area contributed by atoms with Crippen LogP contribution in [0, 0.1) is 5.92 Å². The van der Waals surface area contributed by atoms with Gasteiger partial charge in [-0.2, -0.15) is 0 Å². The van der Waals surface area contributed by atoms with Gasteiger partial charge in [0.2, 0.25) is 14.3 Å². The highest BCUT2D eigenvalue weighted by molar-refractivity contribution is 9.10. The normalized spacial score (nSPS) is 24.3. The van der Waals surface area contributed by atoms with Crippen LogP contribution in [-0.2, 0) is 33.0 Å². The quantitative estimate of drug-likeness (QED) is 0.162. The van der Waals surface area contributed by atoms with Gasteiger partial charge in [0, 0.05) is 53.0 Å². The third kappa shape index (κ3) is 6.23. The minimum atomic E-state index is -3.37. The van der Waals surface area contributed by atoms with E-state index in [0.717, 1.165) is 32.5 Å². The molecule has 50 heavy (non-hydrogen) atoms. The van der Waals surface area contributed by atoms with Gasteiger partial charge in [0.05, 0.1) is 43.1 Å². The van der Waals surface area contributed by atoms with Crippen molar-refractivity contribution in [3.63, 3.8) is 0 Å². The van der Waals surface area contributed by atoms with Crippen molar-refractivity contribution in [2.45, 2.75) is 62.7 Å². The maximum Gasteiger partial charge on any atom is 0.264 e. The summed E-state index contributed by atoms with van der Waals surface area (Å²) in [6.07, 6.45) is 1.73. The summed E-state index contributed by atoms with van der Waals surface area (Å²) >= 11 is 3.62. The summed E-state index contributed by atoms with van der Waals surface area (Å²) in [5, 5.41) is 22.0. The average molecular weight is 762 g/mol. The number of anilines is 2. The third-order valence-corrected chi connectivity index (χ3v) is 13.5. The van der Waals surface area contributed by atoms with E-state index in [-0.39, 0.29) is 30.9 Å². The molecule has 3 aromatic carbocycles. The van der Waals surface area contributed by atoms with Gasteiger partial charge in [-0.3, -0.25) is 14.3 Å². The summed E-state index contributed by atoms with van der Waals surface area (Å²) in [7, 11) is -3.37. The van der Waals surface area contributed by atoms with Gasteiger partial charge >= 0.3 is 0 Å². The van der Waals surface area contributed by atoms with E-state index in [9.17, 15) is 14.7 Å². The number of ether oxygens (including phenoxy) is 1. The average Bonchev–Trinajstić information content (AvgIpc) is 3.75. The first kappa shape index (κ1) is 34.7. The second-order valence-electron chi connectivity index (χ2n) is 14.1. The first-order valence-electron chi connectivity index (χ1n) is 17.2. The van der Waals surface area contributed by atoms with Crippen LogP contribution in [0.4, 0.5) is 15.5 Å². The Morgan fingerprint density at radius 1 is 1.12 bits per heavy atom. The van der Waals surface area contributed by atoms with E-state index in [4.69, 9.17) is 4.74 Å². The molecule has 2 fully saturated rings. The van der Waals surface area contributed by atoms with Gasteiger partial charge in [-0.15, -0.1) is 5.10 Å². The molecule has 1 spiro atoms. The highest BCUT2D eigenvalue weighted by Crippen LogP contribution is 2.60. The van der Waals surface area contributed by atoms with Crippen LogP contribution in [0.2, 0.25) is 18.6 Å². The molecular formula is C37H42BrFN6O4Si. The van der Waals surface area contributed by atoms with E-state index in [1.807, 2.05) is 85.9 Å². The molecule has 2 amide bonds. The third-order valence-electron chi connectivity index (χ3n) is 10.5. The van der Waals surface area contributed by atoms with Gasteiger partial charge < -0.3 is 29.1 Å². The van der Waals surface area contributed by atoms with Gasteiger partial charge in [-0.05, 0) is 61.0 Å². The zero-order valence-corrected chi connectivity index (χ0v) is 31.0. The number of fused-ring (bicyclic) bond motifs is 2. The Kier molecular flexibility index (Phi) is 9.54. The van der Waals surface area contributed by atoms with Crippen molar-refractivity contribution in [1.82, 2.24) is 20.3 Å². The number of carbonyl (C=O) groups is 2. The van der Waals surface area contributed by atoms with Crippen LogP contribution < -0.4 is 15.1 Å². The maximum absolute atomic E-state index is 16.4. The van der Waals surface area contributed by atoms with Gasteiger partial charge in [-0.25, -0.2) is 0 Å². The number of piperazine rings is 1. The molecule has 7 rings (SSSR count). The van der Waals surface area contributed by atoms with Gasteiger partial charge in [0.25, 0.3) is 5.91 Å². The lowest BCUT2D eigenvalue weighted by Crippen LogP contribution is -2.48. The summed E-state index contributed by atoms with van der Waals surface area (Å²) in [5.41, 5.74) is 2.93. The number of hydrogen-bond acceptors (Lipinski definition) is 7. The van der Waals surface area contributed by atoms with Gasteiger partial charge in [0.15, 0.2) is 5.60 Å². The molecule has 2 saturated heterocycles. The molecule has 4 aromatic rings. The number of rotatable bonds is 10.